The van der Waals surface area contributed by atoms with Crippen molar-refractivity contribution in [2.24, 2.45) is 11.7 Å². The van der Waals surface area contributed by atoms with Gasteiger partial charge < -0.3 is 5.73 Å². The van der Waals surface area contributed by atoms with Crippen molar-refractivity contribution in [3.05, 3.63) is 28.8 Å². The van der Waals surface area contributed by atoms with Crippen LogP contribution in [0.25, 0.3) is 10.2 Å². The molecule has 0 amide bonds. The summed E-state index contributed by atoms with van der Waals surface area (Å²) in [5, 5.41) is 1.15. The first-order valence-electron chi connectivity index (χ1n) is 7.46. The number of likely N-dealkylation sites (tertiary alicyclic amines) is 1. The lowest BCUT2D eigenvalue weighted by Crippen LogP contribution is -2.41. The Bertz CT molecular complexity index is 590. The van der Waals surface area contributed by atoms with Gasteiger partial charge in [-0.1, -0.05) is 6.07 Å². The van der Waals surface area contributed by atoms with E-state index in [0.29, 0.717) is 12.0 Å². The van der Waals surface area contributed by atoms with Gasteiger partial charge in [-0.25, -0.2) is 4.98 Å². The maximum absolute atomic E-state index is 6.07. The van der Waals surface area contributed by atoms with E-state index in [1.807, 2.05) is 0 Å². The van der Waals surface area contributed by atoms with Gasteiger partial charge in [0, 0.05) is 19.1 Å². The van der Waals surface area contributed by atoms with Crippen LogP contribution < -0.4 is 5.73 Å². The Kier molecular flexibility index (Phi) is 4.06. The highest BCUT2D eigenvalue weighted by molar-refractivity contribution is 7.18. The molecule has 0 aliphatic carbocycles. The van der Waals surface area contributed by atoms with E-state index in [1.165, 1.54) is 29.6 Å². The second-order valence-corrected chi connectivity index (χ2v) is 7.27. The molecular weight excluding hydrogens is 266 g/mol. The largest absolute Gasteiger partial charge is 0.328 e. The summed E-state index contributed by atoms with van der Waals surface area (Å²) in [7, 11) is 0. The summed E-state index contributed by atoms with van der Waals surface area (Å²) in [5.74, 6) is 0.651. The molecule has 2 aromatic rings. The predicted molar refractivity (Wildman–Crippen MR) is 86.0 cm³/mol. The van der Waals surface area contributed by atoms with Gasteiger partial charge in [-0.05, 0) is 56.8 Å². The molecule has 2 heterocycles. The first kappa shape index (κ1) is 14.0. The van der Waals surface area contributed by atoms with Crippen molar-refractivity contribution in [3.8, 4) is 0 Å². The maximum Gasteiger partial charge on any atom is 0.0907 e. The molecule has 2 N–H and O–H groups in total. The molecule has 0 bridgehead atoms. The quantitative estimate of drug-likeness (QED) is 0.943. The summed E-state index contributed by atoms with van der Waals surface area (Å²) in [4.78, 5) is 7.07. The van der Waals surface area contributed by atoms with E-state index in [0.717, 1.165) is 23.6 Å². The lowest BCUT2D eigenvalue weighted by atomic mass is 9.92. The van der Waals surface area contributed by atoms with Crippen LogP contribution in [-0.4, -0.2) is 29.0 Å². The highest BCUT2D eigenvalue weighted by atomic mass is 32.1. The third-order valence-electron chi connectivity index (χ3n) is 4.25. The van der Waals surface area contributed by atoms with Crippen LogP contribution in [0, 0.1) is 12.8 Å². The fourth-order valence-corrected chi connectivity index (χ4v) is 4.00. The number of nitrogens with zero attached hydrogens (tertiary/aromatic N) is 2. The van der Waals surface area contributed by atoms with Crippen molar-refractivity contribution in [1.82, 2.24) is 9.88 Å². The van der Waals surface area contributed by atoms with Crippen molar-refractivity contribution >= 4 is 21.6 Å². The van der Waals surface area contributed by atoms with Crippen molar-refractivity contribution in [1.29, 1.82) is 0 Å². The number of piperidine rings is 1. The van der Waals surface area contributed by atoms with Crippen molar-refractivity contribution in [2.75, 3.05) is 13.1 Å². The van der Waals surface area contributed by atoms with Gasteiger partial charge in [-0.15, -0.1) is 11.3 Å². The van der Waals surface area contributed by atoms with E-state index in [4.69, 9.17) is 5.73 Å². The summed E-state index contributed by atoms with van der Waals surface area (Å²) in [6.45, 7) is 7.58. The summed E-state index contributed by atoms with van der Waals surface area (Å²) in [6.07, 6.45) is 2.55. The van der Waals surface area contributed by atoms with Gasteiger partial charge in [0.2, 0.25) is 0 Å². The van der Waals surface area contributed by atoms with E-state index < -0.39 is 0 Å². The lowest BCUT2D eigenvalue weighted by Gasteiger charge is -2.34. The van der Waals surface area contributed by atoms with Crippen LogP contribution in [0.15, 0.2) is 18.2 Å². The molecule has 0 spiro atoms. The molecule has 2 atom stereocenters. The third kappa shape index (κ3) is 3.03. The van der Waals surface area contributed by atoms with E-state index in [-0.39, 0.29) is 0 Å². The van der Waals surface area contributed by atoms with Gasteiger partial charge in [0.1, 0.15) is 0 Å². The predicted octanol–water partition coefficient (Wildman–Crippen LogP) is 3.16. The normalized spacial score (nSPS) is 22.2. The fourth-order valence-electron chi connectivity index (χ4n) is 3.10. The average molecular weight is 289 g/mol. The molecule has 1 fully saturated rings. The molecule has 3 rings (SSSR count). The van der Waals surface area contributed by atoms with Gasteiger partial charge in [0.25, 0.3) is 0 Å². The SMILES string of the molecule is Cc1nc2ccc(CN3CCCC(C(C)N)C3)cc2s1. The standard InChI is InChI=1S/C16H23N3S/c1-11(17)14-4-3-7-19(10-14)9-13-5-6-15-16(8-13)20-12(2)18-15/h5-6,8,11,14H,3-4,7,9-10,17H2,1-2H3. The Labute approximate surface area is 124 Å². The Morgan fingerprint density at radius 3 is 3.15 bits per heavy atom. The molecule has 0 saturated carbocycles. The molecule has 2 unspecified atom stereocenters. The number of aryl methyl sites for hydroxylation is 1. The van der Waals surface area contributed by atoms with Crippen LogP contribution in [0.1, 0.15) is 30.3 Å². The van der Waals surface area contributed by atoms with Gasteiger partial charge in [0.15, 0.2) is 0 Å². The number of benzene rings is 1. The van der Waals surface area contributed by atoms with E-state index in [1.54, 1.807) is 11.3 Å². The van der Waals surface area contributed by atoms with Crippen molar-refractivity contribution in [3.63, 3.8) is 0 Å². The monoisotopic (exact) mass is 289 g/mol. The molecule has 4 heteroatoms. The molecule has 1 saturated heterocycles. The molecule has 1 aromatic heterocycles. The van der Waals surface area contributed by atoms with Crippen LogP contribution in [0.2, 0.25) is 0 Å². The molecule has 1 aliphatic rings. The van der Waals surface area contributed by atoms with Crippen LogP contribution >= 0.6 is 11.3 Å². The zero-order valence-corrected chi connectivity index (χ0v) is 13.1. The molecule has 3 nitrogen and oxygen atoms in total. The minimum Gasteiger partial charge on any atom is -0.328 e. The number of nitrogens with two attached hydrogens (primary N) is 1. The summed E-state index contributed by atoms with van der Waals surface area (Å²) in [6, 6.07) is 6.98. The number of hydrogen-bond acceptors (Lipinski definition) is 4. The Morgan fingerprint density at radius 1 is 1.50 bits per heavy atom. The van der Waals surface area contributed by atoms with Gasteiger partial charge in [-0.3, -0.25) is 4.90 Å². The van der Waals surface area contributed by atoms with E-state index >= 15 is 0 Å². The lowest BCUT2D eigenvalue weighted by molar-refractivity contribution is 0.154. The van der Waals surface area contributed by atoms with Gasteiger partial charge in [-0.2, -0.15) is 0 Å². The van der Waals surface area contributed by atoms with Crippen LogP contribution in [0.4, 0.5) is 0 Å². The van der Waals surface area contributed by atoms with Crippen LogP contribution in [0.3, 0.4) is 0 Å². The van der Waals surface area contributed by atoms with Gasteiger partial charge >= 0.3 is 0 Å². The summed E-state index contributed by atoms with van der Waals surface area (Å²) in [5.41, 5.74) is 8.59. The molecule has 1 aliphatic heterocycles. The third-order valence-corrected chi connectivity index (χ3v) is 5.19. The number of aromatic nitrogens is 1. The smallest absolute Gasteiger partial charge is 0.0907 e. The number of fused-ring (bicyclic) bond motifs is 1. The van der Waals surface area contributed by atoms with E-state index in [9.17, 15) is 0 Å². The zero-order valence-electron chi connectivity index (χ0n) is 12.3. The Balaban J connectivity index is 1.72. The summed E-state index contributed by atoms with van der Waals surface area (Å²) >= 11 is 1.78. The van der Waals surface area contributed by atoms with Crippen LogP contribution in [0.5, 0.6) is 0 Å². The average Bonchev–Trinajstić information content (AvgIpc) is 2.78. The molecule has 20 heavy (non-hydrogen) atoms. The second-order valence-electron chi connectivity index (χ2n) is 6.03. The van der Waals surface area contributed by atoms with Crippen LogP contribution in [-0.2, 0) is 6.54 Å². The highest BCUT2D eigenvalue weighted by Crippen LogP contribution is 2.25. The minimum absolute atomic E-state index is 0.310. The van der Waals surface area contributed by atoms with Crippen molar-refractivity contribution in [2.45, 2.75) is 39.3 Å². The molecule has 0 radical (unpaired) electrons. The zero-order chi connectivity index (χ0) is 14.1. The van der Waals surface area contributed by atoms with Gasteiger partial charge in [0.05, 0.1) is 15.2 Å². The second kappa shape index (κ2) is 5.80. The Hall–Kier alpha value is -0.970. The summed E-state index contributed by atoms with van der Waals surface area (Å²) < 4.78 is 1.31. The molecule has 1 aromatic carbocycles. The first-order valence-corrected chi connectivity index (χ1v) is 8.27. The molecule has 108 valence electrons. The topological polar surface area (TPSA) is 42.2 Å². The molecular formula is C16H23N3S. The fraction of sp³-hybridized carbons (Fsp3) is 0.562. The maximum atomic E-state index is 6.07. The number of rotatable bonds is 3. The number of thiazole rings is 1. The van der Waals surface area contributed by atoms with E-state index in [2.05, 4.69) is 41.9 Å². The minimum atomic E-state index is 0.310. The Morgan fingerprint density at radius 2 is 2.35 bits per heavy atom. The first-order chi connectivity index (χ1) is 9.61. The highest BCUT2D eigenvalue weighted by Gasteiger charge is 2.22. The number of hydrogen-bond donors (Lipinski definition) is 1. The van der Waals surface area contributed by atoms with Crippen molar-refractivity contribution < 1.29 is 0 Å².